The highest BCUT2D eigenvalue weighted by Gasteiger charge is 2.21. The Kier molecular flexibility index (Phi) is 3.06. The first-order valence-corrected chi connectivity index (χ1v) is 6.18. The fourth-order valence-electron chi connectivity index (χ4n) is 2.26. The lowest BCUT2D eigenvalue weighted by atomic mass is 10.1. The van der Waals surface area contributed by atoms with Crippen molar-refractivity contribution in [3.05, 3.63) is 66.7 Å². The van der Waals surface area contributed by atoms with Gasteiger partial charge in [0, 0.05) is 23.6 Å². The summed E-state index contributed by atoms with van der Waals surface area (Å²) < 4.78 is 0. The van der Waals surface area contributed by atoms with Gasteiger partial charge in [-0.2, -0.15) is 0 Å². The van der Waals surface area contributed by atoms with Gasteiger partial charge in [0.05, 0.1) is 37.3 Å². The van der Waals surface area contributed by atoms with E-state index in [1.807, 2.05) is 0 Å². The van der Waals surface area contributed by atoms with E-state index in [9.17, 15) is 30.3 Å². The minimum absolute atomic E-state index is 0.0762. The Morgan fingerprint density at radius 3 is 2.04 bits per heavy atom. The number of benzene rings is 2. The number of nitro benzene ring substituents is 3. The highest BCUT2D eigenvalue weighted by Crippen LogP contribution is 2.33. The van der Waals surface area contributed by atoms with Gasteiger partial charge < -0.3 is 0 Å². The van der Waals surface area contributed by atoms with E-state index in [-0.39, 0.29) is 16.6 Å². The number of aromatic nitrogens is 1. The van der Waals surface area contributed by atoms with E-state index < -0.39 is 26.1 Å². The first kappa shape index (κ1) is 14.3. The summed E-state index contributed by atoms with van der Waals surface area (Å²) in [4.78, 5) is 34.9. The molecule has 23 heavy (non-hydrogen) atoms. The number of hydrogen-bond donors (Lipinski definition) is 0. The first-order chi connectivity index (χ1) is 10.9. The SMILES string of the molecule is O=[N+]([O-])c1ccc2nc3cc([N+](=O)[O-])cc([N+](=O)[O-])c3cc2c1. The molecule has 0 saturated heterocycles. The van der Waals surface area contributed by atoms with Crippen LogP contribution in [0.15, 0.2) is 36.4 Å². The van der Waals surface area contributed by atoms with Crippen molar-refractivity contribution in [1.82, 2.24) is 4.98 Å². The minimum Gasteiger partial charge on any atom is -0.258 e. The van der Waals surface area contributed by atoms with Gasteiger partial charge in [0.25, 0.3) is 17.1 Å². The van der Waals surface area contributed by atoms with Crippen molar-refractivity contribution in [3.63, 3.8) is 0 Å². The molecule has 0 fully saturated rings. The second-order valence-corrected chi connectivity index (χ2v) is 4.67. The lowest BCUT2D eigenvalue weighted by molar-refractivity contribution is -0.393. The van der Waals surface area contributed by atoms with Crippen molar-refractivity contribution in [2.75, 3.05) is 0 Å². The average Bonchev–Trinajstić information content (AvgIpc) is 2.50. The summed E-state index contributed by atoms with van der Waals surface area (Å²) in [6.45, 7) is 0. The zero-order chi connectivity index (χ0) is 16.7. The molecule has 1 aromatic heterocycles. The molecule has 0 spiro atoms. The number of hydrogen-bond acceptors (Lipinski definition) is 7. The zero-order valence-corrected chi connectivity index (χ0v) is 11.2. The summed E-state index contributed by atoms with van der Waals surface area (Å²) in [7, 11) is 0. The highest BCUT2D eigenvalue weighted by atomic mass is 16.6. The van der Waals surface area contributed by atoms with Crippen LogP contribution < -0.4 is 0 Å². The van der Waals surface area contributed by atoms with Crippen molar-refractivity contribution in [2.45, 2.75) is 0 Å². The third-order valence-corrected chi connectivity index (χ3v) is 3.29. The van der Waals surface area contributed by atoms with Gasteiger partial charge in [-0.15, -0.1) is 0 Å². The van der Waals surface area contributed by atoms with E-state index in [0.717, 1.165) is 12.1 Å². The van der Waals surface area contributed by atoms with Crippen molar-refractivity contribution in [1.29, 1.82) is 0 Å². The Hall–Kier alpha value is -3.69. The number of nitrogens with zero attached hydrogens (tertiary/aromatic N) is 4. The quantitative estimate of drug-likeness (QED) is 0.410. The van der Waals surface area contributed by atoms with Crippen LogP contribution >= 0.6 is 0 Å². The Labute approximate surface area is 126 Å². The summed E-state index contributed by atoms with van der Waals surface area (Å²) in [5, 5.41) is 33.2. The van der Waals surface area contributed by atoms with Gasteiger partial charge in [-0.3, -0.25) is 30.3 Å². The Bertz CT molecular complexity index is 1020. The molecule has 0 bridgehead atoms. The molecule has 0 aliphatic rings. The molecule has 1 heterocycles. The van der Waals surface area contributed by atoms with E-state index >= 15 is 0 Å². The van der Waals surface area contributed by atoms with Crippen molar-refractivity contribution < 1.29 is 14.8 Å². The number of non-ortho nitro benzene ring substituents is 3. The lowest BCUT2D eigenvalue weighted by Gasteiger charge is -2.03. The summed E-state index contributed by atoms with van der Waals surface area (Å²) in [6, 6.07) is 7.21. The molecule has 114 valence electrons. The topological polar surface area (TPSA) is 142 Å². The fourth-order valence-corrected chi connectivity index (χ4v) is 2.26. The van der Waals surface area contributed by atoms with Gasteiger partial charge >= 0.3 is 0 Å². The second-order valence-electron chi connectivity index (χ2n) is 4.67. The molecule has 0 atom stereocenters. The molecular formula is C13H6N4O6. The van der Waals surface area contributed by atoms with Gasteiger partial charge in [-0.1, -0.05) is 0 Å². The predicted molar refractivity (Wildman–Crippen MR) is 79.2 cm³/mol. The molecule has 0 aliphatic carbocycles. The van der Waals surface area contributed by atoms with Gasteiger partial charge in [-0.25, -0.2) is 4.98 Å². The largest absolute Gasteiger partial charge is 0.285 e. The molecule has 3 rings (SSSR count). The van der Waals surface area contributed by atoms with Crippen molar-refractivity contribution in [3.8, 4) is 0 Å². The average molecular weight is 314 g/mol. The monoisotopic (exact) mass is 314 g/mol. The van der Waals surface area contributed by atoms with Crippen LogP contribution in [0.1, 0.15) is 0 Å². The standard InChI is InChI=1S/C13H6N4O6/c18-15(19)8-1-2-11-7(3-8)4-10-12(14-11)5-9(16(20)21)6-13(10)17(22)23/h1-6H. The summed E-state index contributed by atoms with van der Waals surface area (Å²) in [5.41, 5.74) is -0.679. The predicted octanol–water partition coefficient (Wildman–Crippen LogP) is 3.11. The second kappa shape index (κ2) is 4.94. The molecule has 0 amide bonds. The molecule has 10 heteroatoms. The maximum atomic E-state index is 11.1. The molecule has 2 aromatic carbocycles. The van der Waals surface area contributed by atoms with Crippen LogP contribution in [0, 0.1) is 30.3 Å². The first-order valence-electron chi connectivity index (χ1n) is 6.18. The molecule has 0 radical (unpaired) electrons. The molecule has 3 aromatic rings. The third-order valence-electron chi connectivity index (χ3n) is 3.29. The Morgan fingerprint density at radius 1 is 0.739 bits per heavy atom. The third kappa shape index (κ3) is 2.37. The van der Waals surface area contributed by atoms with Crippen LogP contribution in [0.3, 0.4) is 0 Å². The van der Waals surface area contributed by atoms with Crippen LogP contribution in [-0.2, 0) is 0 Å². The molecular weight excluding hydrogens is 308 g/mol. The van der Waals surface area contributed by atoms with Gasteiger partial charge in [-0.05, 0) is 12.1 Å². The minimum atomic E-state index is -0.750. The van der Waals surface area contributed by atoms with Gasteiger partial charge in [0.15, 0.2) is 0 Å². The Balaban J connectivity index is 2.40. The zero-order valence-electron chi connectivity index (χ0n) is 11.2. The molecule has 0 aliphatic heterocycles. The number of fused-ring (bicyclic) bond motifs is 2. The van der Waals surface area contributed by atoms with Gasteiger partial charge in [0.1, 0.15) is 0 Å². The summed E-state index contributed by atoms with van der Waals surface area (Å²) in [5.74, 6) is 0. The summed E-state index contributed by atoms with van der Waals surface area (Å²) in [6.07, 6.45) is 0. The van der Waals surface area contributed by atoms with Crippen LogP contribution in [0.2, 0.25) is 0 Å². The molecule has 0 saturated carbocycles. The normalized spacial score (nSPS) is 10.8. The number of rotatable bonds is 3. The fraction of sp³-hybridized carbons (Fsp3) is 0. The van der Waals surface area contributed by atoms with E-state index in [1.54, 1.807) is 0 Å². The van der Waals surface area contributed by atoms with Crippen LogP contribution in [-0.4, -0.2) is 19.8 Å². The lowest BCUT2D eigenvalue weighted by Crippen LogP contribution is -1.96. The maximum absolute atomic E-state index is 11.1. The maximum Gasteiger partial charge on any atom is 0.285 e. The molecule has 10 nitrogen and oxygen atoms in total. The van der Waals surface area contributed by atoms with Crippen LogP contribution in [0.4, 0.5) is 17.1 Å². The van der Waals surface area contributed by atoms with E-state index in [2.05, 4.69) is 4.98 Å². The van der Waals surface area contributed by atoms with E-state index in [0.29, 0.717) is 10.9 Å². The van der Waals surface area contributed by atoms with Crippen molar-refractivity contribution >= 4 is 38.9 Å². The molecule has 0 unspecified atom stereocenters. The van der Waals surface area contributed by atoms with E-state index in [1.165, 1.54) is 24.3 Å². The van der Waals surface area contributed by atoms with Crippen LogP contribution in [0.25, 0.3) is 21.8 Å². The number of pyridine rings is 1. The smallest absolute Gasteiger partial charge is 0.258 e. The summed E-state index contributed by atoms with van der Waals surface area (Å²) >= 11 is 0. The van der Waals surface area contributed by atoms with E-state index in [4.69, 9.17) is 0 Å². The van der Waals surface area contributed by atoms with Crippen molar-refractivity contribution in [2.24, 2.45) is 0 Å². The van der Waals surface area contributed by atoms with Crippen LogP contribution in [0.5, 0.6) is 0 Å². The molecule has 0 N–H and O–H groups in total. The Morgan fingerprint density at radius 2 is 1.43 bits per heavy atom. The highest BCUT2D eigenvalue weighted by molar-refractivity contribution is 5.99. The van der Waals surface area contributed by atoms with Gasteiger partial charge in [0.2, 0.25) is 0 Å². The number of nitro groups is 3.